The summed E-state index contributed by atoms with van der Waals surface area (Å²) >= 11 is 0. The molecule has 1 aromatic rings. The first-order valence-corrected chi connectivity index (χ1v) is 4.87. The molecule has 0 aromatic carbocycles. The van der Waals surface area contributed by atoms with Crippen molar-refractivity contribution in [3.63, 3.8) is 0 Å². The normalized spacial score (nSPS) is 13.4. The van der Waals surface area contributed by atoms with Crippen LogP contribution in [0.4, 0.5) is 48.3 Å². The highest BCUT2D eigenvalue weighted by molar-refractivity contribution is 5.17. The van der Waals surface area contributed by atoms with Crippen molar-refractivity contribution in [3.8, 4) is 5.88 Å². The molecule has 1 rings (SSSR count). The number of nitrogens with zero attached hydrogens (tertiary/aromatic N) is 1. The van der Waals surface area contributed by atoms with Crippen LogP contribution in [0, 0.1) is 23.4 Å². The largest absolute Gasteiger partial charge is 0.469 e. The molecule has 0 fully saturated rings. The Bertz CT molecular complexity index is 568. The summed E-state index contributed by atoms with van der Waals surface area (Å²) in [6, 6.07) is 0. The highest BCUT2D eigenvalue weighted by Gasteiger charge is 2.73. The van der Waals surface area contributed by atoms with Gasteiger partial charge in [-0.05, 0) is 0 Å². The molecule has 0 saturated heterocycles. The Morgan fingerprint density at radius 3 is 1.73 bits per heavy atom. The molecule has 1 aromatic heterocycles. The second-order valence-electron chi connectivity index (χ2n) is 3.71. The predicted molar refractivity (Wildman–Crippen MR) is 45.5 cm³/mol. The third kappa shape index (κ3) is 3.02. The van der Waals surface area contributed by atoms with Crippen molar-refractivity contribution < 1.29 is 53.0 Å². The molecule has 126 valence electrons. The molecule has 22 heavy (non-hydrogen) atoms. The fourth-order valence-electron chi connectivity index (χ4n) is 1.02. The van der Waals surface area contributed by atoms with Gasteiger partial charge in [0.15, 0.2) is 6.61 Å². The van der Waals surface area contributed by atoms with Crippen LogP contribution in [0.1, 0.15) is 0 Å². The summed E-state index contributed by atoms with van der Waals surface area (Å²) in [6.45, 7) is -2.83. The smallest absolute Gasteiger partial charge is 0.460 e. The van der Waals surface area contributed by atoms with Crippen molar-refractivity contribution in [1.82, 2.24) is 4.98 Å². The summed E-state index contributed by atoms with van der Waals surface area (Å²) in [5.74, 6) is -24.4. The highest BCUT2D eigenvalue weighted by atomic mass is 19.4. The quantitative estimate of drug-likeness (QED) is 0.609. The number of aromatic nitrogens is 1. The standard InChI is InChI=1S/C9H2F11NO/c10-2-3(11)5(13)21-6(4(2)12)22-1-7(14,15)8(16,17)9(18,19)20/h1H2. The fraction of sp³-hybridized carbons (Fsp3) is 0.444. The lowest BCUT2D eigenvalue weighted by Gasteiger charge is -2.27. The average molecular weight is 349 g/mol. The number of hydrogen-bond donors (Lipinski definition) is 0. The van der Waals surface area contributed by atoms with Gasteiger partial charge in [0.25, 0.3) is 11.8 Å². The van der Waals surface area contributed by atoms with Crippen LogP contribution in [-0.2, 0) is 0 Å². The maximum absolute atomic E-state index is 12.9. The first kappa shape index (κ1) is 18.2. The van der Waals surface area contributed by atoms with E-state index >= 15 is 0 Å². The summed E-state index contributed by atoms with van der Waals surface area (Å²) in [6.07, 6.45) is -6.68. The lowest BCUT2D eigenvalue weighted by Crippen LogP contribution is -2.54. The zero-order valence-electron chi connectivity index (χ0n) is 9.72. The molecule has 1 heterocycles. The van der Waals surface area contributed by atoms with Gasteiger partial charge in [-0.15, -0.1) is 0 Å². The summed E-state index contributed by atoms with van der Waals surface area (Å²) in [7, 11) is 0. The fourth-order valence-corrected chi connectivity index (χ4v) is 1.02. The minimum atomic E-state index is -6.68. The van der Waals surface area contributed by atoms with E-state index in [1.165, 1.54) is 0 Å². The maximum Gasteiger partial charge on any atom is 0.460 e. The van der Waals surface area contributed by atoms with Gasteiger partial charge in [-0.1, -0.05) is 0 Å². The van der Waals surface area contributed by atoms with Crippen molar-refractivity contribution in [2.24, 2.45) is 0 Å². The van der Waals surface area contributed by atoms with Crippen molar-refractivity contribution >= 4 is 0 Å². The molecule has 0 unspecified atom stereocenters. The molecule has 13 heteroatoms. The van der Waals surface area contributed by atoms with Gasteiger partial charge in [-0.2, -0.15) is 48.9 Å². The second-order valence-corrected chi connectivity index (χ2v) is 3.71. The van der Waals surface area contributed by atoms with Crippen LogP contribution < -0.4 is 4.74 Å². The van der Waals surface area contributed by atoms with Crippen molar-refractivity contribution in [2.75, 3.05) is 6.61 Å². The predicted octanol–water partition coefficient (Wildman–Crippen LogP) is 3.85. The second kappa shape index (κ2) is 5.43. The molecule has 0 N–H and O–H groups in total. The van der Waals surface area contributed by atoms with Gasteiger partial charge in [0.05, 0.1) is 0 Å². The van der Waals surface area contributed by atoms with E-state index < -0.39 is 53.9 Å². The van der Waals surface area contributed by atoms with Crippen LogP contribution in [0.15, 0.2) is 0 Å². The van der Waals surface area contributed by atoms with Gasteiger partial charge in [-0.25, -0.2) is 4.39 Å². The number of hydrogen-bond acceptors (Lipinski definition) is 2. The van der Waals surface area contributed by atoms with E-state index in [2.05, 4.69) is 9.72 Å². The molecular weight excluding hydrogens is 347 g/mol. The molecular formula is C9H2F11NO. The Morgan fingerprint density at radius 1 is 0.773 bits per heavy atom. The lowest BCUT2D eigenvalue weighted by atomic mass is 10.2. The van der Waals surface area contributed by atoms with E-state index in [0.717, 1.165) is 0 Å². The summed E-state index contributed by atoms with van der Waals surface area (Å²) in [5.41, 5.74) is 0. The van der Waals surface area contributed by atoms with Crippen molar-refractivity contribution in [3.05, 3.63) is 23.4 Å². The Hall–Kier alpha value is -1.82. The number of halogens is 11. The minimum Gasteiger partial charge on any atom is -0.469 e. The molecule has 0 aliphatic carbocycles. The molecule has 0 spiro atoms. The number of pyridine rings is 1. The van der Waals surface area contributed by atoms with E-state index in [1.54, 1.807) is 0 Å². The topological polar surface area (TPSA) is 22.1 Å². The third-order valence-corrected chi connectivity index (χ3v) is 2.16. The monoisotopic (exact) mass is 349 g/mol. The Morgan fingerprint density at radius 2 is 1.27 bits per heavy atom. The zero-order valence-corrected chi connectivity index (χ0v) is 9.72. The molecule has 0 aliphatic rings. The SMILES string of the molecule is Fc1nc(OCC(F)(F)C(F)(F)C(F)(F)F)c(F)c(F)c1F. The number of ether oxygens (including phenoxy) is 1. The van der Waals surface area contributed by atoms with Gasteiger partial charge in [0.2, 0.25) is 17.5 Å². The Balaban J connectivity index is 3.05. The Kier molecular flexibility index (Phi) is 4.50. The van der Waals surface area contributed by atoms with E-state index in [9.17, 15) is 48.3 Å². The van der Waals surface area contributed by atoms with E-state index in [-0.39, 0.29) is 0 Å². The number of alkyl halides is 7. The van der Waals surface area contributed by atoms with Gasteiger partial charge in [-0.3, -0.25) is 0 Å². The lowest BCUT2D eigenvalue weighted by molar-refractivity contribution is -0.358. The van der Waals surface area contributed by atoms with Gasteiger partial charge >= 0.3 is 18.0 Å². The van der Waals surface area contributed by atoms with Crippen LogP contribution in [0.3, 0.4) is 0 Å². The first-order valence-electron chi connectivity index (χ1n) is 4.87. The van der Waals surface area contributed by atoms with Crippen molar-refractivity contribution in [2.45, 2.75) is 18.0 Å². The Labute approximate surface area is 113 Å². The van der Waals surface area contributed by atoms with E-state index in [0.29, 0.717) is 0 Å². The highest BCUT2D eigenvalue weighted by Crippen LogP contribution is 2.46. The molecule has 0 amide bonds. The van der Waals surface area contributed by atoms with Gasteiger partial charge < -0.3 is 4.74 Å². The van der Waals surface area contributed by atoms with Crippen LogP contribution in [-0.4, -0.2) is 29.6 Å². The summed E-state index contributed by atoms with van der Waals surface area (Å²) < 4.78 is 140. The van der Waals surface area contributed by atoms with Crippen LogP contribution in [0.25, 0.3) is 0 Å². The zero-order chi connectivity index (χ0) is 17.5. The first-order chi connectivity index (χ1) is 9.72. The molecule has 0 bridgehead atoms. The van der Waals surface area contributed by atoms with E-state index in [1.807, 2.05) is 0 Å². The summed E-state index contributed by atoms with van der Waals surface area (Å²) in [5, 5.41) is 0. The number of rotatable bonds is 4. The molecule has 0 atom stereocenters. The van der Waals surface area contributed by atoms with Crippen LogP contribution in [0.5, 0.6) is 5.88 Å². The van der Waals surface area contributed by atoms with Crippen LogP contribution in [0.2, 0.25) is 0 Å². The van der Waals surface area contributed by atoms with E-state index in [4.69, 9.17) is 0 Å². The van der Waals surface area contributed by atoms with Gasteiger partial charge in [0.1, 0.15) is 0 Å². The summed E-state index contributed by atoms with van der Waals surface area (Å²) in [4.78, 5) is 2.14. The van der Waals surface area contributed by atoms with Crippen molar-refractivity contribution in [1.29, 1.82) is 0 Å². The van der Waals surface area contributed by atoms with Gasteiger partial charge in [0, 0.05) is 0 Å². The third-order valence-electron chi connectivity index (χ3n) is 2.16. The molecule has 2 nitrogen and oxygen atoms in total. The molecule has 0 radical (unpaired) electrons. The molecule has 0 saturated carbocycles. The molecule has 0 aliphatic heterocycles. The van der Waals surface area contributed by atoms with Crippen LogP contribution >= 0.6 is 0 Å². The maximum atomic E-state index is 12.9. The minimum absolute atomic E-state index is 2.05. The average Bonchev–Trinajstić information content (AvgIpc) is 2.37.